The number of nitrogens with one attached hydrogen (secondary N) is 1. The molecule has 1 heterocycles. The first kappa shape index (κ1) is 9.68. The lowest BCUT2D eigenvalue weighted by molar-refractivity contribution is 0.145. The molecule has 3 nitrogen and oxygen atoms in total. The number of pyridine rings is 1. The van der Waals surface area contributed by atoms with Gasteiger partial charge in [-0.15, -0.1) is 0 Å². The summed E-state index contributed by atoms with van der Waals surface area (Å²) in [5, 5.41) is 8.14. The van der Waals surface area contributed by atoms with Gasteiger partial charge in [0.2, 0.25) is 0 Å². The summed E-state index contributed by atoms with van der Waals surface area (Å²) < 4.78 is 24.3. The second-order valence-electron chi connectivity index (χ2n) is 2.19. The maximum Gasteiger partial charge on any atom is 0.279 e. The van der Waals surface area contributed by atoms with Gasteiger partial charge >= 0.3 is 0 Å². The topological polar surface area (TPSA) is 56.6 Å². The van der Waals surface area contributed by atoms with Crippen LogP contribution < -0.4 is 5.56 Å². The third-order valence-electron chi connectivity index (χ3n) is 1.37. The molecule has 1 aromatic rings. The molecular formula is C7H3ClF2N2O. The molecule has 0 saturated heterocycles. The highest BCUT2D eigenvalue weighted by Gasteiger charge is 2.15. The van der Waals surface area contributed by atoms with Gasteiger partial charge in [-0.1, -0.05) is 11.6 Å². The van der Waals surface area contributed by atoms with Gasteiger partial charge in [-0.3, -0.25) is 4.79 Å². The SMILES string of the molecule is N#Cc1cc(Cl)c(=O)[nH]c1C(F)F. The Morgan fingerprint density at radius 2 is 2.23 bits per heavy atom. The number of nitriles is 1. The van der Waals surface area contributed by atoms with Crippen molar-refractivity contribution in [2.24, 2.45) is 0 Å². The Morgan fingerprint density at radius 3 is 2.69 bits per heavy atom. The quantitative estimate of drug-likeness (QED) is 0.759. The Balaban J connectivity index is 3.44. The second kappa shape index (κ2) is 3.54. The number of nitrogens with zero attached hydrogens (tertiary/aromatic N) is 1. The molecule has 0 aromatic carbocycles. The minimum atomic E-state index is -2.89. The predicted molar refractivity (Wildman–Crippen MR) is 41.7 cm³/mol. The smallest absolute Gasteiger partial charge is 0.279 e. The molecule has 0 fully saturated rings. The van der Waals surface area contributed by atoms with Crippen LogP contribution in [0.1, 0.15) is 17.7 Å². The van der Waals surface area contributed by atoms with Crippen LogP contribution in [0.5, 0.6) is 0 Å². The molecule has 68 valence electrons. The Bertz CT molecular complexity index is 421. The predicted octanol–water partition coefficient (Wildman–Crippen LogP) is 1.84. The summed E-state index contributed by atoms with van der Waals surface area (Å²) in [6.45, 7) is 0. The van der Waals surface area contributed by atoms with Crippen LogP contribution in [0, 0.1) is 11.3 Å². The van der Waals surface area contributed by atoms with Crippen molar-refractivity contribution in [3.63, 3.8) is 0 Å². The molecule has 0 aliphatic heterocycles. The Labute approximate surface area is 76.6 Å². The summed E-state index contributed by atoms with van der Waals surface area (Å²) >= 11 is 5.33. The molecule has 0 unspecified atom stereocenters. The minimum Gasteiger partial charge on any atom is -0.319 e. The van der Waals surface area contributed by atoms with E-state index < -0.39 is 17.7 Å². The summed E-state index contributed by atoms with van der Waals surface area (Å²) in [4.78, 5) is 12.6. The summed E-state index contributed by atoms with van der Waals surface area (Å²) in [6.07, 6.45) is -2.89. The van der Waals surface area contributed by atoms with Gasteiger partial charge in [-0.25, -0.2) is 8.78 Å². The van der Waals surface area contributed by atoms with Gasteiger partial charge in [0, 0.05) is 0 Å². The number of rotatable bonds is 1. The first-order chi connectivity index (χ1) is 6.06. The van der Waals surface area contributed by atoms with Crippen LogP contribution in [0.15, 0.2) is 10.9 Å². The van der Waals surface area contributed by atoms with Crippen LogP contribution in [0.25, 0.3) is 0 Å². The van der Waals surface area contributed by atoms with E-state index in [2.05, 4.69) is 0 Å². The van der Waals surface area contributed by atoms with E-state index in [1.807, 2.05) is 4.98 Å². The second-order valence-corrected chi connectivity index (χ2v) is 2.59. The maximum absolute atomic E-state index is 12.2. The van der Waals surface area contributed by atoms with Crippen LogP contribution in [0.2, 0.25) is 5.02 Å². The van der Waals surface area contributed by atoms with E-state index in [4.69, 9.17) is 16.9 Å². The van der Waals surface area contributed by atoms with E-state index >= 15 is 0 Å². The Kier molecular flexibility index (Phi) is 2.63. The highest BCUT2D eigenvalue weighted by atomic mass is 35.5. The van der Waals surface area contributed by atoms with E-state index in [0.717, 1.165) is 6.07 Å². The van der Waals surface area contributed by atoms with Gasteiger partial charge in [0.1, 0.15) is 16.8 Å². The number of H-pyrrole nitrogens is 1. The summed E-state index contributed by atoms with van der Waals surface area (Å²) in [7, 11) is 0. The van der Waals surface area contributed by atoms with Gasteiger partial charge < -0.3 is 4.98 Å². The van der Waals surface area contributed by atoms with Crippen LogP contribution in [-0.2, 0) is 0 Å². The van der Waals surface area contributed by atoms with Gasteiger partial charge in [0.15, 0.2) is 0 Å². The van der Waals surface area contributed by atoms with Crippen molar-refractivity contribution in [3.05, 3.63) is 32.7 Å². The highest BCUT2D eigenvalue weighted by Crippen LogP contribution is 2.20. The monoisotopic (exact) mass is 204 g/mol. The molecule has 0 spiro atoms. The van der Waals surface area contributed by atoms with Crippen molar-refractivity contribution in [3.8, 4) is 6.07 Å². The largest absolute Gasteiger partial charge is 0.319 e. The van der Waals surface area contributed by atoms with Gasteiger partial charge in [0.05, 0.1) is 5.56 Å². The molecule has 0 atom stereocenters. The normalized spacial score (nSPS) is 10.1. The highest BCUT2D eigenvalue weighted by molar-refractivity contribution is 6.30. The zero-order chi connectivity index (χ0) is 10.0. The number of alkyl halides is 2. The van der Waals surface area contributed by atoms with Crippen molar-refractivity contribution in [2.75, 3.05) is 0 Å². The number of hydrogen-bond donors (Lipinski definition) is 1. The molecular weight excluding hydrogens is 202 g/mol. The minimum absolute atomic E-state index is 0.277. The lowest BCUT2D eigenvalue weighted by Gasteiger charge is -2.01. The molecule has 1 N–H and O–H groups in total. The third kappa shape index (κ3) is 1.84. The number of aromatic nitrogens is 1. The van der Waals surface area contributed by atoms with Crippen molar-refractivity contribution in [1.82, 2.24) is 4.98 Å². The van der Waals surface area contributed by atoms with E-state index in [9.17, 15) is 13.6 Å². The van der Waals surface area contributed by atoms with Crippen molar-refractivity contribution in [2.45, 2.75) is 6.43 Å². The third-order valence-corrected chi connectivity index (χ3v) is 1.65. The molecule has 0 amide bonds. The van der Waals surface area contributed by atoms with Crippen LogP contribution in [-0.4, -0.2) is 4.98 Å². The first-order valence-electron chi connectivity index (χ1n) is 3.17. The van der Waals surface area contributed by atoms with Gasteiger partial charge in [-0.2, -0.15) is 5.26 Å². The summed E-state index contributed by atoms with van der Waals surface area (Å²) in [5.41, 5.74) is -1.84. The molecule has 0 saturated carbocycles. The summed E-state index contributed by atoms with van der Waals surface area (Å²) in [6, 6.07) is 2.43. The number of aromatic amines is 1. The molecule has 13 heavy (non-hydrogen) atoms. The fraction of sp³-hybridized carbons (Fsp3) is 0.143. The van der Waals surface area contributed by atoms with Crippen LogP contribution in [0.4, 0.5) is 8.78 Å². The van der Waals surface area contributed by atoms with Crippen molar-refractivity contribution in [1.29, 1.82) is 5.26 Å². The van der Waals surface area contributed by atoms with E-state index in [1.54, 1.807) is 0 Å². The standard InChI is InChI=1S/C7H3ClF2N2O/c8-4-1-3(2-11)5(6(9)10)12-7(4)13/h1,6H,(H,12,13). The molecule has 0 bridgehead atoms. The lowest BCUT2D eigenvalue weighted by atomic mass is 10.2. The number of hydrogen-bond acceptors (Lipinski definition) is 2. The van der Waals surface area contributed by atoms with Gasteiger partial charge in [-0.05, 0) is 6.07 Å². The fourth-order valence-electron chi connectivity index (χ4n) is 0.784. The Hall–Kier alpha value is -1.41. The fourth-order valence-corrected chi connectivity index (χ4v) is 0.940. The average Bonchev–Trinajstić information content (AvgIpc) is 2.08. The molecule has 1 rings (SSSR count). The molecule has 1 aromatic heterocycles. The number of halogens is 3. The summed E-state index contributed by atoms with van der Waals surface area (Å²) in [5.74, 6) is 0. The molecule has 0 radical (unpaired) electrons. The lowest BCUT2D eigenvalue weighted by Crippen LogP contribution is -2.11. The molecule has 0 aliphatic carbocycles. The maximum atomic E-state index is 12.2. The molecule has 6 heteroatoms. The zero-order valence-electron chi connectivity index (χ0n) is 6.14. The van der Waals surface area contributed by atoms with E-state index in [-0.39, 0.29) is 10.6 Å². The first-order valence-corrected chi connectivity index (χ1v) is 3.55. The van der Waals surface area contributed by atoms with Gasteiger partial charge in [0.25, 0.3) is 12.0 Å². The van der Waals surface area contributed by atoms with E-state index in [0.29, 0.717) is 0 Å². The van der Waals surface area contributed by atoms with Crippen molar-refractivity contribution >= 4 is 11.6 Å². The average molecular weight is 205 g/mol. The zero-order valence-corrected chi connectivity index (χ0v) is 6.90. The molecule has 0 aliphatic rings. The Morgan fingerprint density at radius 1 is 1.62 bits per heavy atom. The van der Waals surface area contributed by atoms with Crippen LogP contribution >= 0.6 is 11.6 Å². The van der Waals surface area contributed by atoms with Crippen molar-refractivity contribution < 1.29 is 8.78 Å². The van der Waals surface area contributed by atoms with Crippen LogP contribution in [0.3, 0.4) is 0 Å². The van der Waals surface area contributed by atoms with E-state index in [1.165, 1.54) is 6.07 Å².